The second-order valence-corrected chi connectivity index (χ2v) is 2.74. The molecule has 0 saturated carbocycles. The Morgan fingerprint density at radius 3 is 2.33 bits per heavy atom. The molecule has 7 heteroatoms. The topological polar surface area (TPSA) is 83.6 Å². The van der Waals surface area contributed by atoms with Gasteiger partial charge in [-0.2, -0.15) is 4.39 Å². The fourth-order valence-electron chi connectivity index (χ4n) is 0.969. The highest BCUT2D eigenvalue weighted by Crippen LogP contribution is 2.28. The molecule has 1 aromatic carbocycles. The predicted molar refractivity (Wildman–Crippen MR) is 42.5 cm³/mol. The third kappa shape index (κ3) is 1.86. The van der Waals surface area contributed by atoms with Crippen LogP contribution in [0.25, 0.3) is 0 Å². The van der Waals surface area contributed by atoms with Crippen LogP contribution >= 0.6 is 0 Å². The maximum Gasteiger partial charge on any atom is 0.325 e. The molecule has 1 rings (SSSR count). The Morgan fingerprint density at radius 1 is 1.33 bits per heavy atom. The fraction of sp³-hybridized carbons (Fsp3) is 0.125. The van der Waals surface area contributed by atoms with Crippen molar-refractivity contribution in [2.45, 2.75) is 6.04 Å². The third-order valence-electron chi connectivity index (χ3n) is 1.76. The molecule has 0 radical (unpaired) electrons. The first-order chi connectivity index (χ1) is 6.86. The molecule has 0 saturated heterocycles. The van der Waals surface area contributed by atoms with Gasteiger partial charge in [0.1, 0.15) is 6.04 Å². The lowest BCUT2D eigenvalue weighted by molar-refractivity contribution is -0.138. The number of benzene rings is 1. The van der Waals surface area contributed by atoms with Crippen LogP contribution in [0.15, 0.2) is 6.07 Å². The van der Waals surface area contributed by atoms with E-state index in [0.29, 0.717) is 6.07 Å². The molecule has 0 bridgehead atoms. The average Bonchev–Trinajstić information content (AvgIpc) is 2.19. The summed E-state index contributed by atoms with van der Waals surface area (Å²) < 4.78 is 38.3. The van der Waals surface area contributed by atoms with E-state index >= 15 is 0 Å². The summed E-state index contributed by atoms with van der Waals surface area (Å²) in [5.74, 6) is -8.14. The molecule has 0 aliphatic heterocycles. The van der Waals surface area contributed by atoms with Crippen LogP contribution in [0.4, 0.5) is 13.2 Å². The second-order valence-electron chi connectivity index (χ2n) is 2.74. The highest BCUT2D eigenvalue weighted by Gasteiger charge is 2.25. The van der Waals surface area contributed by atoms with Crippen LogP contribution in [0, 0.1) is 17.5 Å². The number of hydrogen-bond donors (Lipinski definition) is 3. The number of carboxylic acid groups (broad SMARTS) is 1. The van der Waals surface area contributed by atoms with E-state index in [0.717, 1.165) is 0 Å². The minimum absolute atomic E-state index is 0.295. The van der Waals surface area contributed by atoms with Gasteiger partial charge >= 0.3 is 5.97 Å². The Kier molecular flexibility index (Phi) is 2.85. The van der Waals surface area contributed by atoms with Gasteiger partial charge in [0.15, 0.2) is 17.4 Å². The molecule has 1 unspecified atom stereocenters. The molecule has 1 aromatic rings. The maximum atomic E-state index is 13.1. The predicted octanol–water partition coefficient (Wildman–Crippen LogP) is 0.894. The van der Waals surface area contributed by atoms with Gasteiger partial charge in [0.2, 0.25) is 5.82 Å². The number of phenolic OH excluding ortho intramolecular Hbond substituents is 1. The second kappa shape index (κ2) is 3.77. The van der Waals surface area contributed by atoms with E-state index in [2.05, 4.69) is 0 Å². The summed E-state index contributed by atoms with van der Waals surface area (Å²) in [6.45, 7) is 0. The molecule has 1 atom stereocenters. The first-order valence-corrected chi connectivity index (χ1v) is 3.71. The lowest BCUT2D eigenvalue weighted by atomic mass is 10.1. The number of phenols is 1. The molecule has 4 N–H and O–H groups in total. The standard InChI is InChI=1S/C8H6F3NO3/c9-3-1-2(6(12)8(14)15)4(10)7(13)5(3)11/h1,6,13H,12H2,(H,14,15). The van der Waals surface area contributed by atoms with Crippen LogP contribution in [0.1, 0.15) is 11.6 Å². The summed E-state index contributed by atoms with van der Waals surface area (Å²) in [6.07, 6.45) is 0. The average molecular weight is 221 g/mol. The lowest BCUT2D eigenvalue weighted by Gasteiger charge is -2.09. The summed E-state index contributed by atoms with van der Waals surface area (Å²) in [5, 5.41) is 17.2. The molecule has 0 amide bonds. The van der Waals surface area contributed by atoms with Gasteiger partial charge in [0.25, 0.3) is 0 Å². The van der Waals surface area contributed by atoms with Crippen LogP contribution in [0.3, 0.4) is 0 Å². The summed E-state index contributed by atoms with van der Waals surface area (Å²) in [6, 6.07) is -1.57. The van der Waals surface area contributed by atoms with Crippen molar-refractivity contribution in [1.29, 1.82) is 0 Å². The monoisotopic (exact) mass is 221 g/mol. The molecule has 82 valence electrons. The van der Waals surface area contributed by atoms with Gasteiger partial charge in [-0.05, 0) is 6.07 Å². The zero-order valence-corrected chi connectivity index (χ0v) is 7.17. The molecule has 0 aliphatic rings. The normalized spacial score (nSPS) is 12.5. The molecule has 4 nitrogen and oxygen atoms in total. The van der Waals surface area contributed by atoms with E-state index in [4.69, 9.17) is 15.9 Å². The van der Waals surface area contributed by atoms with Crippen molar-refractivity contribution in [3.05, 3.63) is 29.1 Å². The van der Waals surface area contributed by atoms with Gasteiger partial charge in [-0.25, -0.2) is 8.78 Å². The number of halogens is 3. The Hall–Kier alpha value is -1.76. The Bertz CT molecular complexity index is 422. The SMILES string of the molecule is NC(C(=O)O)c1cc(F)c(F)c(O)c1F. The summed E-state index contributed by atoms with van der Waals surface area (Å²) in [7, 11) is 0. The van der Waals surface area contributed by atoms with Gasteiger partial charge in [-0.3, -0.25) is 4.79 Å². The lowest BCUT2D eigenvalue weighted by Crippen LogP contribution is -2.22. The van der Waals surface area contributed by atoms with E-state index in [-0.39, 0.29) is 0 Å². The van der Waals surface area contributed by atoms with Gasteiger partial charge in [-0.1, -0.05) is 0 Å². The highest BCUT2D eigenvalue weighted by atomic mass is 19.2. The quantitative estimate of drug-likeness (QED) is 0.647. The van der Waals surface area contributed by atoms with Crippen LogP contribution < -0.4 is 5.73 Å². The summed E-state index contributed by atoms with van der Waals surface area (Å²) in [5.41, 5.74) is 4.17. The van der Waals surface area contributed by atoms with Crippen molar-refractivity contribution in [1.82, 2.24) is 0 Å². The molecular weight excluding hydrogens is 215 g/mol. The van der Waals surface area contributed by atoms with Gasteiger partial charge in [0, 0.05) is 5.56 Å². The molecule has 0 spiro atoms. The molecule has 0 heterocycles. The van der Waals surface area contributed by atoms with E-state index in [1.807, 2.05) is 0 Å². The Balaban J connectivity index is 3.38. The number of carbonyl (C=O) groups is 1. The van der Waals surface area contributed by atoms with E-state index in [1.165, 1.54) is 0 Å². The fourth-order valence-corrected chi connectivity index (χ4v) is 0.969. The van der Waals surface area contributed by atoms with Crippen molar-refractivity contribution in [3.8, 4) is 5.75 Å². The zero-order chi connectivity index (χ0) is 11.7. The van der Waals surface area contributed by atoms with Gasteiger partial charge in [0.05, 0.1) is 0 Å². The molecule has 0 aromatic heterocycles. The minimum atomic E-state index is -1.87. The van der Waals surface area contributed by atoms with Crippen LogP contribution in [-0.2, 0) is 4.79 Å². The highest BCUT2D eigenvalue weighted by molar-refractivity contribution is 5.75. The number of carboxylic acids is 1. The van der Waals surface area contributed by atoms with Gasteiger partial charge < -0.3 is 15.9 Å². The number of hydrogen-bond acceptors (Lipinski definition) is 3. The van der Waals surface area contributed by atoms with Crippen molar-refractivity contribution >= 4 is 5.97 Å². The third-order valence-corrected chi connectivity index (χ3v) is 1.76. The maximum absolute atomic E-state index is 13.1. The van der Waals surface area contributed by atoms with E-state index in [9.17, 15) is 18.0 Å². The Morgan fingerprint density at radius 2 is 1.87 bits per heavy atom. The van der Waals surface area contributed by atoms with Crippen LogP contribution in [0.5, 0.6) is 5.75 Å². The number of aromatic hydroxyl groups is 1. The van der Waals surface area contributed by atoms with Crippen molar-refractivity contribution in [2.75, 3.05) is 0 Å². The molecule has 15 heavy (non-hydrogen) atoms. The summed E-state index contributed by atoms with van der Waals surface area (Å²) in [4.78, 5) is 10.4. The van der Waals surface area contributed by atoms with Crippen molar-refractivity contribution in [3.63, 3.8) is 0 Å². The number of aliphatic carboxylic acids is 1. The smallest absolute Gasteiger partial charge is 0.325 e. The molecular formula is C8H6F3NO3. The Labute approximate surface area is 81.7 Å². The largest absolute Gasteiger partial charge is 0.503 e. The number of rotatable bonds is 2. The van der Waals surface area contributed by atoms with Crippen molar-refractivity contribution < 1.29 is 28.2 Å². The van der Waals surface area contributed by atoms with Crippen LogP contribution in [-0.4, -0.2) is 16.2 Å². The number of nitrogens with two attached hydrogens (primary N) is 1. The molecule has 0 fully saturated rings. The van der Waals surface area contributed by atoms with Gasteiger partial charge in [-0.15, -0.1) is 0 Å². The van der Waals surface area contributed by atoms with Crippen molar-refractivity contribution in [2.24, 2.45) is 5.73 Å². The summed E-state index contributed by atoms with van der Waals surface area (Å²) >= 11 is 0. The first kappa shape index (κ1) is 11.3. The minimum Gasteiger partial charge on any atom is -0.503 e. The molecule has 0 aliphatic carbocycles. The first-order valence-electron chi connectivity index (χ1n) is 3.71. The van der Waals surface area contributed by atoms with E-state index in [1.54, 1.807) is 0 Å². The van der Waals surface area contributed by atoms with E-state index < -0.39 is 40.8 Å². The zero-order valence-electron chi connectivity index (χ0n) is 7.17. The van der Waals surface area contributed by atoms with Crippen LogP contribution in [0.2, 0.25) is 0 Å².